The summed E-state index contributed by atoms with van der Waals surface area (Å²) in [6.07, 6.45) is 2.29. The average molecular weight is 241 g/mol. The van der Waals surface area contributed by atoms with Gasteiger partial charge in [0.1, 0.15) is 0 Å². The van der Waals surface area contributed by atoms with Crippen molar-refractivity contribution in [1.82, 2.24) is 9.80 Å². The van der Waals surface area contributed by atoms with E-state index in [4.69, 9.17) is 9.73 Å². The van der Waals surface area contributed by atoms with Gasteiger partial charge in [-0.15, -0.1) is 0 Å². The van der Waals surface area contributed by atoms with Crippen LogP contribution in [0.25, 0.3) is 0 Å². The zero-order valence-corrected chi connectivity index (χ0v) is 12.0. The van der Waals surface area contributed by atoms with E-state index in [1.807, 2.05) is 0 Å². The van der Waals surface area contributed by atoms with E-state index in [9.17, 15) is 0 Å². The van der Waals surface area contributed by atoms with Gasteiger partial charge >= 0.3 is 0 Å². The minimum atomic E-state index is 0.0205. The first kappa shape index (κ1) is 14.3. The molecular weight excluding hydrogens is 214 g/mol. The quantitative estimate of drug-likeness (QED) is 0.557. The van der Waals surface area contributed by atoms with E-state index in [2.05, 4.69) is 44.7 Å². The molecule has 1 aliphatic rings. The van der Waals surface area contributed by atoms with E-state index >= 15 is 0 Å². The molecule has 100 valence electrons. The molecule has 0 atom stereocenters. The molecule has 0 unspecified atom stereocenters. The van der Waals surface area contributed by atoms with Crippen molar-refractivity contribution in [3.63, 3.8) is 0 Å². The lowest BCUT2D eigenvalue weighted by molar-refractivity contribution is 0.0632. The van der Waals surface area contributed by atoms with Crippen LogP contribution in [0.1, 0.15) is 33.6 Å². The van der Waals surface area contributed by atoms with E-state index in [0.717, 1.165) is 38.7 Å². The van der Waals surface area contributed by atoms with Gasteiger partial charge in [-0.05, 0) is 20.3 Å². The molecule has 1 aliphatic heterocycles. The minimum absolute atomic E-state index is 0.0205. The van der Waals surface area contributed by atoms with E-state index < -0.39 is 0 Å². The maximum absolute atomic E-state index is 5.39. The molecule has 0 saturated carbocycles. The molecule has 17 heavy (non-hydrogen) atoms. The summed E-state index contributed by atoms with van der Waals surface area (Å²) in [5, 5.41) is 0. The van der Waals surface area contributed by atoms with Crippen LogP contribution in [0.15, 0.2) is 4.99 Å². The van der Waals surface area contributed by atoms with Gasteiger partial charge in [0, 0.05) is 27.2 Å². The molecule has 0 aromatic rings. The van der Waals surface area contributed by atoms with Crippen LogP contribution >= 0.6 is 0 Å². The Morgan fingerprint density at radius 1 is 1.29 bits per heavy atom. The monoisotopic (exact) mass is 241 g/mol. The van der Waals surface area contributed by atoms with Crippen molar-refractivity contribution in [2.45, 2.75) is 39.2 Å². The predicted molar refractivity (Wildman–Crippen MR) is 72.5 cm³/mol. The average Bonchev–Trinajstić information content (AvgIpc) is 2.27. The predicted octanol–water partition coefficient (Wildman–Crippen LogP) is 1.81. The summed E-state index contributed by atoms with van der Waals surface area (Å²) in [4.78, 5) is 9.37. The van der Waals surface area contributed by atoms with Crippen molar-refractivity contribution in [2.75, 3.05) is 40.4 Å². The van der Waals surface area contributed by atoms with Crippen molar-refractivity contribution in [2.24, 2.45) is 4.99 Å². The van der Waals surface area contributed by atoms with Crippen LogP contribution in [0.3, 0.4) is 0 Å². The number of guanidine groups is 1. The van der Waals surface area contributed by atoms with Crippen molar-refractivity contribution in [3.05, 3.63) is 0 Å². The maximum atomic E-state index is 5.39. The summed E-state index contributed by atoms with van der Waals surface area (Å²) < 4.78 is 5.39. The Kier molecular flexibility index (Phi) is 5.25. The van der Waals surface area contributed by atoms with Gasteiger partial charge < -0.3 is 14.5 Å². The summed E-state index contributed by atoms with van der Waals surface area (Å²) in [5.74, 6) is 1.09. The van der Waals surface area contributed by atoms with Crippen LogP contribution in [-0.2, 0) is 4.74 Å². The summed E-state index contributed by atoms with van der Waals surface area (Å²) in [5.41, 5.74) is 0.0205. The van der Waals surface area contributed by atoms with Crippen LogP contribution in [0, 0.1) is 0 Å². The van der Waals surface area contributed by atoms with Gasteiger partial charge in [-0.2, -0.15) is 0 Å². The lowest BCUT2D eigenvalue weighted by Gasteiger charge is -2.35. The highest BCUT2D eigenvalue weighted by Crippen LogP contribution is 2.18. The van der Waals surface area contributed by atoms with Gasteiger partial charge in [0.25, 0.3) is 0 Å². The first-order valence-electron chi connectivity index (χ1n) is 6.56. The van der Waals surface area contributed by atoms with Gasteiger partial charge in [0.05, 0.1) is 18.8 Å². The maximum Gasteiger partial charge on any atom is 0.196 e. The highest BCUT2D eigenvalue weighted by atomic mass is 16.5. The van der Waals surface area contributed by atoms with Crippen LogP contribution in [-0.4, -0.2) is 61.7 Å². The van der Waals surface area contributed by atoms with E-state index in [0.29, 0.717) is 0 Å². The fraction of sp³-hybridized carbons (Fsp3) is 0.923. The third-order valence-electron chi connectivity index (χ3n) is 2.96. The number of hydrogen-bond acceptors (Lipinski definition) is 2. The van der Waals surface area contributed by atoms with E-state index in [1.165, 1.54) is 6.42 Å². The second-order valence-electron chi connectivity index (χ2n) is 5.47. The number of hydrogen-bond donors (Lipinski definition) is 0. The van der Waals surface area contributed by atoms with Crippen LogP contribution in [0.2, 0.25) is 0 Å². The molecule has 1 rings (SSSR count). The normalized spacial score (nSPS) is 18.4. The molecule has 1 fully saturated rings. The standard InChI is InChI=1S/C13H27N3O/c1-6-7-13(2,3)14-12(15(4)5)16-8-10-17-11-9-16/h6-11H2,1-5H3/b14-12-. The third-order valence-corrected chi connectivity index (χ3v) is 2.96. The SMILES string of the molecule is CCCC(C)(C)/N=C(/N(C)C)N1CCOCC1. The molecule has 4 nitrogen and oxygen atoms in total. The number of rotatable bonds is 3. The Morgan fingerprint density at radius 3 is 2.35 bits per heavy atom. The number of morpholine rings is 1. The van der Waals surface area contributed by atoms with Crippen molar-refractivity contribution >= 4 is 5.96 Å². The molecule has 0 aromatic carbocycles. The molecule has 0 bridgehead atoms. The first-order chi connectivity index (χ1) is 7.96. The Balaban J connectivity index is 2.79. The molecule has 0 N–H and O–H groups in total. The topological polar surface area (TPSA) is 28.1 Å². The van der Waals surface area contributed by atoms with E-state index in [-0.39, 0.29) is 5.54 Å². The largest absolute Gasteiger partial charge is 0.378 e. The molecule has 0 amide bonds. The highest BCUT2D eigenvalue weighted by molar-refractivity contribution is 5.80. The van der Waals surface area contributed by atoms with Crippen LogP contribution in [0.4, 0.5) is 0 Å². The third kappa shape index (κ3) is 4.54. The molecule has 0 aromatic heterocycles. The highest BCUT2D eigenvalue weighted by Gasteiger charge is 2.22. The summed E-state index contributed by atoms with van der Waals surface area (Å²) in [6, 6.07) is 0. The van der Waals surface area contributed by atoms with Crippen molar-refractivity contribution < 1.29 is 4.74 Å². The Hall–Kier alpha value is -0.770. The molecule has 1 saturated heterocycles. The Morgan fingerprint density at radius 2 is 1.88 bits per heavy atom. The van der Waals surface area contributed by atoms with Gasteiger partial charge in [0.2, 0.25) is 0 Å². The van der Waals surface area contributed by atoms with E-state index in [1.54, 1.807) is 0 Å². The second-order valence-corrected chi connectivity index (χ2v) is 5.47. The Labute approximate surface area is 106 Å². The fourth-order valence-electron chi connectivity index (χ4n) is 2.16. The molecule has 0 spiro atoms. The molecule has 0 aliphatic carbocycles. The summed E-state index contributed by atoms with van der Waals surface area (Å²) >= 11 is 0. The summed E-state index contributed by atoms with van der Waals surface area (Å²) in [6.45, 7) is 10.1. The molecular formula is C13H27N3O. The fourth-order valence-corrected chi connectivity index (χ4v) is 2.16. The second kappa shape index (κ2) is 6.24. The Bertz CT molecular complexity index is 255. The molecule has 4 heteroatoms. The molecule has 1 heterocycles. The van der Waals surface area contributed by atoms with Crippen LogP contribution in [0.5, 0.6) is 0 Å². The van der Waals surface area contributed by atoms with Gasteiger partial charge in [0.15, 0.2) is 5.96 Å². The van der Waals surface area contributed by atoms with Gasteiger partial charge in [-0.25, -0.2) is 4.99 Å². The number of aliphatic imine (C=N–C) groups is 1. The smallest absolute Gasteiger partial charge is 0.196 e. The summed E-state index contributed by atoms with van der Waals surface area (Å²) in [7, 11) is 4.13. The van der Waals surface area contributed by atoms with Crippen LogP contribution < -0.4 is 0 Å². The van der Waals surface area contributed by atoms with Crippen molar-refractivity contribution in [3.8, 4) is 0 Å². The first-order valence-corrected chi connectivity index (χ1v) is 6.56. The molecule has 0 radical (unpaired) electrons. The lowest BCUT2D eigenvalue weighted by Crippen LogP contribution is -2.47. The van der Waals surface area contributed by atoms with Gasteiger partial charge in [-0.3, -0.25) is 0 Å². The zero-order chi connectivity index (χ0) is 12.9. The minimum Gasteiger partial charge on any atom is -0.378 e. The number of ether oxygens (including phenoxy) is 1. The number of nitrogens with zero attached hydrogens (tertiary/aromatic N) is 3. The van der Waals surface area contributed by atoms with Crippen molar-refractivity contribution in [1.29, 1.82) is 0 Å². The van der Waals surface area contributed by atoms with Gasteiger partial charge in [-0.1, -0.05) is 13.3 Å². The zero-order valence-electron chi connectivity index (χ0n) is 12.0. The lowest BCUT2D eigenvalue weighted by atomic mass is 10.0.